The van der Waals surface area contributed by atoms with Crippen molar-refractivity contribution in [1.29, 1.82) is 0 Å². The van der Waals surface area contributed by atoms with E-state index in [1.807, 2.05) is 24.4 Å². The molecule has 0 aliphatic rings. The molecular weight excluding hydrogens is 176 g/mol. The van der Waals surface area contributed by atoms with E-state index in [9.17, 15) is 0 Å². The SMILES string of the molecule is c1cc2ccc(-c3cn[nH]c3)cc2o1. The number of furan rings is 1. The van der Waals surface area contributed by atoms with Crippen molar-refractivity contribution in [3.63, 3.8) is 0 Å². The van der Waals surface area contributed by atoms with Crippen LogP contribution in [0.1, 0.15) is 0 Å². The number of benzene rings is 1. The number of rotatable bonds is 1. The fourth-order valence-electron chi connectivity index (χ4n) is 1.54. The third-order valence-electron chi connectivity index (χ3n) is 2.29. The molecule has 1 N–H and O–H groups in total. The van der Waals surface area contributed by atoms with Gasteiger partial charge in [-0.15, -0.1) is 0 Å². The average molecular weight is 184 g/mol. The first-order chi connectivity index (χ1) is 6.93. The molecule has 3 aromatic rings. The molecule has 0 atom stereocenters. The van der Waals surface area contributed by atoms with E-state index in [1.54, 1.807) is 12.5 Å². The van der Waals surface area contributed by atoms with E-state index in [4.69, 9.17) is 4.42 Å². The average Bonchev–Trinajstić information content (AvgIpc) is 2.88. The van der Waals surface area contributed by atoms with Crippen LogP contribution in [0.25, 0.3) is 22.1 Å². The van der Waals surface area contributed by atoms with Crippen LogP contribution in [0, 0.1) is 0 Å². The van der Waals surface area contributed by atoms with Crippen molar-refractivity contribution in [1.82, 2.24) is 10.2 Å². The zero-order chi connectivity index (χ0) is 9.38. The molecule has 1 aromatic carbocycles. The number of nitrogens with zero attached hydrogens (tertiary/aromatic N) is 1. The second-order valence-corrected chi connectivity index (χ2v) is 3.16. The fraction of sp³-hybridized carbons (Fsp3) is 0. The van der Waals surface area contributed by atoms with Crippen LogP contribution >= 0.6 is 0 Å². The van der Waals surface area contributed by atoms with Gasteiger partial charge in [0.15, 0.2) is 0 Å². The number of nitrogens with one attached hydrogen (secondary N) is 1. The standard InChI is InChI=1S/C11H8N2O/c1-2-9(10-6-12-13-7-10)5-11-8(1)3-4-14-11/h1-7H,(H,12,13). The van der Waals surface area contributed by atoms with Crippen LogP contribution in [0.5, 0.6) is 0 Å². The van der Waals surface area contributed by atoms with Crippen molar-refractivity contribution in [2.75, 3.05) is 0 Å². The molecule has 2 heterocycles. The topological polar surface area (TPSA) is 41.8 Å². The normalized spacial score (nSPS) is 10.9. The lowest BCUT2D eigenvalue weighted by molar-refractivity contribution is 0.616. The van der Waals surface area contributed by atoms with Gasteiger partial charge in [0.25, 0.3) is 0 Å². The molecule has 0 amide bonds. The molecule has 2 aromatic heterocycles. The zero-order valence-electron chi connectivity index (χ0n) is 7.40. The highest BCUT2D eigenvalue weighted by Gasteiger charge is 2.01. The van der Waals surface area contributed by atoms with Crippen LogP contribution < -0.4 is 0 Å². The molecule has 0 fully saturated rings. The Balaban J connectivity index is 2.23. The first-order valence-corrected chi connectivity index (χ1v) is 4.40. The van der Waals surface area contributed by atoms with Crippen molar-refractivity contribution in [2.45, 2.75) is 0 Å². The van der Waals surface area contributed by atoms with Gasteiger partial charge in [0.05, 0.1) is 12.5 Å². The number of H-pyrrole nitrogens is 1. The second kappa shape index (κ2) is 2.73. The van der Waals surface area contributed by atoms with E-state index < -0.39 is 0 Å². The summed E-state index contributed by atoms with van der Waals surface area (Å²) in [5, 5.41) is 7.82. The minimum Gasteiger partial charge on any atom is -0.464 e. The van der Waals surface area contributed by atoms with Crippen molar-refractivity contribution >= 4 is 11.0 Å². The zero-order valence-corrected chi connectivity index (χ0v) is 7.40. The Morgan fingerprint density at radius 2 is 2.14 bits per heavy atom. The van der Waals surface area contributed by atoms with E-state index in [0.29, 0.717) is 0 Å². The smallest absolute Gasteiger partial charge is 0.134 e. The van der Waals surface area contributed by atoms with E-state index in [2.05, 4.69) is 16.3 Å². The minimum atomic E-state index is 0.906. The van der Waals surface area contributed by atoms with E-state index >= 15 is 0 Å². The molecule has 0 unspecified atom stereocenters. The summed E-state index contributed by atoms with van der Waals surface area (Å²) in [7, 11) is 0. The van der Waals surface area contributed by atoms with Gasteiger partial charge in [0.2, 0.25) is 0 Å². The van der Waals surface area contributed by atoms with Gasteiger partial charge >= 0.3 is 0 Å². The van der Waals surface area contributed by atoms with Gasteiger partial charge in [-0.2, -0.15) is 5.10 Å². The molecule has 0 spiro atoms. The monoisotopic (exact) mass is 184 g/mol. The first kappa shape index (κ1) is 7.38. The van der Waals surface area contributed by atoms with Gasteiger partial charge in [-0.25, -0.2) is 0 Å². The third-order valence-corrected chi connectivity index (χ3v) is 2.29. The van der Waals surface area contributed by atoms with Crippen LogP contribution in [-0.2, 0) is 0 Å². The lowest BCUT2D eigenvalue weighted by atomic mass is 10.1. The Labute approximate surface area is 80.4 Å². The highest BCUT2D eigenvalue weighted by Crippen LogP contribution is 2.23. The van der Waals surface area contributed by atoms with Gasteiger partial charge < -0.3 is 4.42 Å². The molecule has 0 aliphatic heterocycles. The molecule has 0 aliphatic carbocycles. The van der Waals surface area contributed by atoms with E-state index in [1.165, 1.54) is 0 Å². The molecular formula is C11H8N2O. The maximum absolute atomic E-state index is 5.33. The summed E-state index contributed by atoms with van der Waals surface area (Å²) in [6, 6.07) is 8.07. The van der Waals surface area contributed by atoms with Crippen LogP contribution in [0.4, 0.5) is 0 Å². The summed E-state index contributed by atoms with van der Waals surface area (Å²) >= 11 is 0. The van der Waals surface area contributed by atoms with Gasteiger partial charge in [-0.3, -0.25) is 5.10 Å². The molecule has 68 valence electrons. The Kier molecular flexibility index (Phi) is 1.44. The highest BCUT2D eigenvalue weighted by atomic mass is 16.3. The van der Waals surface area contributed by atoms with Crippen LogP contribution in [0.3, 0.4) is 0 Å². The summed E-state index contributed by atoms with van der Waals surface area (Å²) in [4.78, 5) is 0. The number of fused-ring (bicyclic) bond motifs is 1. The number of aromatic amines is 1. The summed E-state index contributed by atoms with van der Waals surface area (Å²) < 4.78 is 5.33. The van der Waals surface area contributed by atoms with Crippen LogP contribution in [-0.4, -0.2) is 10.2 Å². The van der Waals surface area contributed by atoms with Crippen molar-refractivity contribution in [3.8, 4) is 11.1 Å². The molecule has 0 radical (unpaired) electrons. The molecule has 3 rings (SSSR count). The van der Waals surface area contributed by atoms with Crippen LogP contribution in [0.2, 0.25) is 0 Å². The largest absolute Gasteiger partial charge is 0.464 e. The van der Waals surface area contributed by atoms with Gasteiger partial charge in [0, 0.05) is 17.1 Å². The molecule has 3 nitrogen and oxygen atoms in total. The molecule has 0 saturated heterocycles. The second-order valence-electron chi connectivity index (χ2n) is 3.16. The predicted molar refractivity (Wildman–Crippen MR) is 53.8 cm³/mol. The minimum absolute atomic E-state index is 0.906. The Morgan fingerprint density at radius 1 is 1.14 bits per heavy atom. The first-order valence-electron chi connectivity index (χ1n) is 4.40. The van der Waals surface area contributed by atoms with Crippen molar-refractivity contribution in [2.24, 2.45) is 0 Å². The Morgan fingerprint density at radius 3 is 3.00 bits per heavy atom. The lowest BCUT2D eigenvalue weighted by Gasteiger charge is -1.95. The Hall–Kier alpha value is -2.03. The number of hydrogen-bond donors (Lipinski definition) is 1. The predicted octanol–water partition coefficient (Wildman–Crippen LogP) is 2.82. The maximum atomic E-state index is 5.33. The molecule has 3 heteroatoms. The summed E-state index contributed by atoms with van der Waals surface area (Å²) in [6.45, 7) is 0. The fourth-order valence-corrected chi connectivity index (χ4v) is 1.54. The quantitative estimate of drug-likeness (QED) is 0.631. The van der Waals surface area contributed by atoms with Crippen molar-refractivity contribution < 1.29 is 4.42 Å². The third kappa shape index (κ3) is 1.03. The van der Waals surface area contributed by atoms with E-state index in [-0.39, 0.29) is 0 Å². The van der Waals surface area contributed by atoms with Gasteiger partial charge in [-0.05, 0) is 17.7 Å². The molecule has 0 bridgehead atoms. The molecule has 14 heavy (non-hydrogen) atoms. The summed E-state index contributed by atoms with van der Waals surface area (Å²) in [5.74, 6) is 0. The van der Waals surface area contributed by atoms with E-state index in [0.717, 1.165) is 22.1 Å². The van der Waals surface area contributed by atoms with Gasteiger partial charge in [-0.1, -0.05) is 12.1 Å². The van der Waals surface area contributed by atoms with Crippen molar-refractivity contribution in [3.05, 3.63) is 42.9 Å². The highest BCUT2D eigenvalue weighted by molar-refractivity contribution is 5.82. The lowest BCUT2D eigenvalue weighted by Crippen LogP contribution is -1.72. The summed E-state index contributed by atoms with van der Waals surface area (Å²) in [5.41, 5.74) is 3.09. The van der Waals surface area contributed by atoms with Gasteiger partial charge in [0.1, 0.15) is 5.58 Å². The van der Waals surface area contributed by atoms with Crippen LogP contribution in [0.15, 0.2) is 47.3 Å². The maximum Gasteiger partial charge on any atom is 0.134 e. The number of hydrogen-bond acceptors (Lipinski definition) is 2. The Bertz CT molecular complexity index is 551. The molecule has 0 saturated carbocycles. The summed E-state index contributed by atoms with van der Waals surface area (Å²) in [6.07, 6.45) is 5.36. The number of aromatic nitrogens is 2.